The first-order valence-corrected chi connectivity index (χ1v) is 12.9. The first kappa shape index (κ1) is 22.4. The van der Waals surface area contributed by atoms with Gasteiger partial charge in [-0.3, -0.25) is 15.1 Å². The quantitative estimate of drug-likeness (QED) is 0.275. The van der Waals surface area contributed by atoms with Crippen molar-refractivity contribution in [2.45, 2.75) is 58.1 Å². The van der Waals surface area contributed by atoms with Crippen LogP contribution in [0.3, 0.4) is 0 Å². The van der Waals surface area contributed by atoms with Crippen molar-refractivity contribution < 1.29 is 9.66 Å². The summed E-state index contributed by atoms with van der Waals surface area (Å²) in [7, 11) is 1.65. The highest BCUT2D eigenvalue weighted by atomic mass is 16.6. The van der Waals surface area contributed by atoms with Gasteiger partial charge in [-0.1, -0.05) is 13.0 Å². The Bertz CT molecular complexity index is 1630. The molecule has 0 saturated heterocycles. The molecule has 4 heterocycles. The smallest absolute Gasteiger partial charge is 0.240 e. The Labute approximate surface area is 214 Å². The zero-order valence-corrected chi connectivity index (χ0v) is 21.1. The molecular formula is C29H27N5O3. The van der Waals surface area contributed by atoms with E-state index in [9.17, 15) is 10.1 Å². The van der Waals surface area contributed by atoms with Crippen LogP contribution in [0, 0.1) is 23.0 Å². The van der Waals surface area contributed by atoms with E-state index in [1.165, 1.54) is 11.1 Å². The first-order chi connectivity index (χ1) is 17.9. The summed E-state index contributed by atoms with van der Waals surface area (Å²) in [6.45, 7) is 4.00. The maximum atomic E-state index is 11.9. The molecule has 0 amide bonds. The fourth-order valence-electron chi connectivity index (χ4n) is 6.41. The summed E-state index contributed by atoms with van der Waals surface area (Å²) < 4.78 is 5.79. The molecule has 3 aliphatic carbocycles. The van der Waals surface area contributed by atoms with E-state index in [1.54, 1.807) is 7.11 Å². The van der Waals surface area contributed by atoms with Crippen molar-refractivity contribution in [3.8, 4) is 22.8 Å². The molecule has 7 rings (SSSR count). The number of aryl methyl sites for hydroxylation is 5. The van der Waals surface area contributed by atoms with Gasteiger partial charge in [-0.25, -0.2) is 15.0 Å². The molecule has 3 atom stereocenters. The zero-order chi connectivity index (χ0) is 25.4. The van der Waals surface area contributed by atoms with Crippen molar-refractivity contribution in [1.29, 1.82) is 0 Å². The molecule has 4 aromatic rings. The molecule has 0 radical (unpaired) electrons. The highest BCUT2D eigenvalue weighted by Gasteiger charge is 2.41. The zero-order valence-electron chi connectivity index (χ0n) is 21.1. The number of nitro groups is 1. The predicted octanol–water partition coefficient (Wildman–Crippen LogP) is 5.30. The lowest BCUT2D eigenvalue weighted by Gasteiger charge is -2.32. The van der Waals surface area contributed by atoms with Crippen LogP contribution < -0.4 is 0 Å². The number of nitrogens with zero attached hydrogens (tertiary/aromatic N) is 5. The van der Waals surface area contributed by atoms with Gasteiger partial charge in [0.2, 0.25) is 6.04 Å². The summed E-state index contributed by atoms with van der Waals surface area (Å²) in [6, 6.07) is 9.86. The van der Waals surface area contributed by atoms with Crippen LogP contribution >= 0.6 is 0 Å². The van der Waals surface area contributed by atoms with E-state index in [0.717, 1.165) is 70.7 Å². The number of methoxy groups -OCH3 is 1. The fraction of sp³-hybridized carbons (Fsp3) is 0.379. The van der Waals surface area contributed by atoms with Gasteiger partial charge >= 0.3 is 0 Å². The van der Waals surface area contributed by atoms with Crippen molar-refractivity contribution in [3.63, 3.8) is 0 Å². The molecule has 186 valence electrons. The highest BCUT2D eigenvalue weighted by molar-refractivity contribution is 5.85. The average Bonchev–Trinajstić information content (AvgIpc) is 2.89. The third-order valence-electron chi connectivity index (χ3n) is 8.27. The summed E-state index contributed by atoms with van der Waals surface area (Å²) in [4.78, 5) is 31.7. The molecule has 0 saturated carbocycles. The number of pyridine rings is 4. The third-order valence-corrected chi connectivity index (χ3v) is 8.27. The lowest BCUT2D eigenvalue weighted by Crippen LogP contribution is -2.29. The number of hydrogen-bond acceptors (Lipinski definition) is 7. The number of aromatic nitrogens is 4. The van der Waals surface area contributed by atoms with Gasteiger partial charge < -0.3 is 4.74 Å². The molecule has 8 nitrogen and oxygen atoms in total. The molecule has 8 heteroatoms. The molecule has 0 aromatic carbocycles. The maximum absolute atomic E-state index is 11.9. The Hall–Kier alpha value is -3.78. The standard InChI is InChI=1S/C29H27N5O3/c1-14-10-22(34(35)36)21-13-19-9-8-18-12-20-11-17-7-6-16-5-4-15(2)30-23(16)25(17)32-29(20)33-26(18)24(19)31-27(21)28(14)37-3/h4-5,11-14,22,28H,6-10H2,1-3H3. The van der Waals surface area contributed by atoms with Crippen LogP contribution in [0.5, 0.6) is 0 Å². The molecule has 3 unspecified atom stereocenters. The van der Waals surface area contributed by atoms with Gasteiger partial charge in [0.25, 0.3) is 0 Å². The minimum Gasteiger partial charge on any atom is -0.375 e. The summed E-state index contributed by atoms with van der Waals surface area (Å²) >= 11 is 0. The molecule has 0 spiro atoms. The predicted molar refractivity (Wildman–Crippen MR) is 139 cm³/mol. The molecule has 0 fully saturated rings. The van der Waals surface area contributed by atoms with Gasteiger partial charge in [0.1, 0.15) is 6.10 Å². The highest BCUT2D eigenvalue weighted by Crippen LogP contribution is 2.45. The van der Waals surface area contributed by atoms with Crippen molar-refractivity contribution in [1.82, 2.24) is 19.9 Å². The molecule has 0 bridgehead atoms. The second-order valence-electron chi connectivity index (χ2n) is 10.6. The van der Waals surface area contributed by atoms with Crippen LogP contribution in [-0.4, -0.2) is 32.0 Å². The summed E-state index contributed by atoms with van der Waals surface area (Å²) in [6.07, 6.45) is 3.68. The number of hydrogen-bond donors (Lipinski definition) is 0. The van der Waals surface area contributed by atoms with Gasteiger partial charge in [-0.2, -0.15) is 0 Å². The Morgan fingerprint density at radius 3 is 2.11 bits per heavy atom. The average molecular weight is 494 g/mol. The van der Waals surface area contributed by atoms with Crippen molar-refractivity contribution >= 4 is 11.0 Å². The molecule has 0 aliphatic heterocycles. The van der Waals surface area contributed by atoms with E-state index in [2.05, 4.69) is 24.3 Å². The second-order valence-corrected chi connectivity index (χ2v) is 10.6. The van der Waals surface area contributed by atoms with Crippen LogP contribution in [0.25, 0.3) is 33.8 Å². The second kappa shape index (κ2) is 8.11. The number of rotatable bonds is 2. The van der Waals surface area contributed by atoms with Crippen molar-refractivity contribution in [3.05, 3.63) is 79.7 Å². The van der Waals surface area contributed by atoms with Gasteiger partial charge in [-0.15, -0.1) is 0 Å². The molecule has 4 aromatic heterocycles. The van der Waals surface area contributed by atoms with Gasteiger partial charge in [0, 0.05) is 35.1 Å². The summed E-state index contributed by atoms with van der Waals surface area (Å²) in [5, 5.41) is 12.9. The van der Waals surface area contributed by atoms with E-state index in [0.29, 0.717) is 23.3 Å². The first-order valence-electron chi connectivity index (χ1n) is 12.9. The van der Waals surface area contributed by atoms with Crippen molar-refractivity contribution in [2.75, 3.05) is 7.11 Å². The third kappa shape index (κ3) is 3.39. The molecule has 3 aliphatic rings. The number of ether oxygens (including phenoxy) is 1. The number of fused-ring (bicyclic) bond motifs is 8. The van der Waals surface area contributed by atoms with E-state index in [4.69, 9.17) is 24.7 Å². The van der Waals surface area contributed by atoms with Gasteiger partial charge in [0.05, 0.1) is 28.5 Å². The van der Waals surface area contributed by atoms with E-state index >= 15 is 0 Å². The lowest BCUT2D eigenvalue weighted by molar-refractivity contribution is -0.533. The van der Waals surface area contributed by atoms with Crippen molar-refractivity contribution in [2.24, 2.45) is 5.92 Å². The Morgan fingerprint density at radius 1 is 0.865 bits per heavy atom. The minimum atomic E-state index is -0.760. The Balaban J connectivity index is 1.41. The molecular weight excluding hydrogens is 466 g/mol. The maximum Gasteiger partial charge on any atom is 0.240 e. The Kier molecular flexibility index (Phi) is 4.92. The molecule has 37 heavy (non-hydrogen) atoms. The Morgan fingerprint density at radius 2 is 1.46 bits per heavy atom. The van der Waals surface area contributed by atoms with Gasteiger partial charge in [-0.05, 0) is 85.0 Å². The monoisotopic (exact) mass is 493 g/mol. The van der Waals surface area contributed by atoms with E-state index in [-0.39, 0.29) is 16.9 Å². The van der Waals surface area contributed by atoms with E-state index in [1.807, 2.05) is 19.9 Å². The topological polar surface area (TPSA) is 104 Å². The summed E-state index contributed by atoms with van der Waals surface area (Å²) in [5.41, 5.74) is 11.1. The van der Waals surface area contributed by atoms with Crippen LogP contribution in [0.1, 0.15) is 64.7 Å². The molecule has 0 N–H and O–H groups in total. The fourth-order valence-corrected chi connectivity index (χ4v) is 6.41. The van der Waals surface area contributed by atoms with E-state index < -0.39 is 6.04 Å². The van der Waals surface area contributed by atoms with Gasteiger partial charge in [0.15, 0.2) is 5.65 Å². The lowest BCUT2D eigenvalue weighted by atomic mass is 9.80. The van der Waals surface area contributed by atoms with Crippen LogP contribution in [0.15, 0.2) is 30.3 Å². The van der Waals surface area contributed by atoms with Crippen LogP contribution in [-0.2, 0) is 30.4 Å². The van der Waals surface area contributed by atoms with Crippen LogP contribution in [0.2, 0.25) is 0 Å². The summed E-state index contributed by atoms with van der Waals surface area (Å²) in [5.74, 6) is -0.00436. The SMILES string of the molecule is COC1c2nc3c(cc2C([N+](=O)[O-])CC1C)CCc1cc2cc4c(nc2nc1-3)-c1nc(C)ccc1CC4. The minimum absolute atomic E-state index is 0.00436. The normalized spacial score (nSPS) is 21.4. The largest absolute Gasteiger partial charge is 0.375 e. The van der Waals surface area contributed by atoms with Crippen LogP contribution in [0.4, 0.5) is 0 Å².